The highest BCUT2D eigenvalue weighted by molar-refractivity contribution is 7.17. The molecule has 4 rings (SSSR count). The van der Waals surface area contributed by atoms with Crippen molar-refractivity contribution in [3.8, 4) is 11.4 Å². The Bertz CT molecular complexity index is 1000. The Balaban J connectivity index is 1.75. The minimum absolute atomic E-state index is 0.524. The zero-order chi connectivity index (χ0) is 15.8. The summed E-state index contributed by atoms with van der Waals surface area (Å²) in [4.78, 5) is 1.90. The summed E-state index contributed by atoms with van der Waals surface area (Å²) in [6.07, 6.45) is 4.00. The molecule has 0 saturated carbocycles. The van der Waals surface area contributed by atoms with Crippen LogP contribution >= 0.6 is 45.9 Å². The quantitative estimate of drug-likeness (QED) is 0.479. The molecule has 0 radical (unpaired) electrons. The lowest BCUT2D eigenvalue weighted by molar-refractivity contribution is 0.960. The highest BCUT2D eigenvalue weighted by Crippen LogP contribution is 2.30. The topological polar surface area (TPSA) is 43.1 Å². The van der Waals surface area contributed by atoms with Crippen LogP contribution in [-0.2, 0) is 0 Å². The highest BCUT2D eigenvalue weighted by atomic mass is 35.5. The number of thiophene rings is 1. The second-order valence-electron chi connectivity index (χ2n) is 4.63. The summed E-state index contributed by atoms with van der Waals surface area (Å²) in [6.45, 7) is 0. The van der Waals surface area contributed by atoms with E-state index >= 15 is 0 Å². The fourth-order valence-corrected chi connectivity index (χ4v) is 3.93. The Labute approximate surface area is 149 Å². The zero-order valence-corrected chi connectivity index (χ0v) is 14.6. The summed E-state index contributed by atoms with van der Waals surface area (Å²) in [7, 11) is 0. The number of nitrogens with zero attached hydrogens (tertiary/aromatic N) is 4. The van der Waals surface area contributed by atoms with Crippen LogP contribution in [0.4, 0.5) is 0 Å². The fourth-order valence-electron chi connectivity index (χ4n) is 2.08. The number of hydrogen-bond donors (Lipinski definition) is 0. The molecule has 0 atom stereocenters. The van der Waals surface area contributed by atoms with Crippen LogP contribution in [0.15, 0.2) is 35.7 Å². The lowest BCUT2D eigenvalue weighted by Crippen LogP contribution is -1.91. The Morgan fingerprint density at radius 3 is 2.78 bits per heavy atom. The van der Waals surface area contributed by atoms with Crippen molar-refractivity contribution >= 4 is 63.0 Å². The van der Waals surface area contributed by atoms with E-state index in [4.69, 9.17) is 23.2 Å². The van der Waals surface area contributed by atoms with Crippen molar-refractivity contribution in [1.29, 1.82) is 0 Å². The van der Waals surface area contributed by atoms with Gasteiger partial charge in [-0.15, -0.1) is 21.5 Å². The monoisotopic (exact) mass is 378 g/mol. The molecule has 0 unspecified atom stereocenters. The van der Waals surface area contributed by atoms with Gasteiger partial charge in [0.1, 0.15) is 5.01 Å². The first-order chi connectivity index (χ1) is 11.2. The van der Waals surface area contributed by atoms with Gasteiger partial charge in [-0.05, 0) is 41.8 Å². The van der Waals surface area contributed by atoms with Gasteiger partial charge in [0.05, 0.1) is 5.02 Å². The summed E-state index contributed by atoms with van der Waals surface area (Å²) in [5, 5.41) is 16.9. The van der Waals surface area contributed by atoms with Gasteiger partial charge in [-0.2, -0.15) is 9.61 Å². The number of halogens is 2. The van der Waals surface area contributed by atoms with Crippen LogP contribution in [0.3, 0.4) is 0 Å². The largest absolute Gasteiger partial charge is 0.235 e. The molecule has 0 N–H and O–H groups in total. The molecule has 3 aromatic heterocycles. The van der Waals surface area contributed by atoms with E-state index in [9.17, 15) is 0 Å². The van der Waals surface area contributed by atoms with Crippen molar-refractivity contribution in [2.75, 3.05) is 0 Å². The molecule has 0 aliphatic carbocycles. The molecule has 0 aliphatic heterocycles. The normalized spacial score (nSPS) is 11.7. The fraction of sp³-hybridized carbons (Fsp3) is 0. The van der Waals surface area contributed by atoms with Gasteiger partial charge in [0, 0.05) is 15.5 Å². The lowest BCUT2D eigenvalue weighted by Gasteiger charge is -2.00. The lowest BCUT2D eigenvalue weighted by atomic mass is 10.2. The first-order valence-corrected chi connectivity index (χ1v) is 9.05. The molecular weight excluding hydrogens is 371 g/mol. The van der Waals surface area contributed by atoms with Crippen LogP contribution in [0.25, 0.3) is 28.5 Å². The number of aromatic nitrogens is 4. The van der Waals surface area contributed by atoms with E-state index < -0.39 is 0 Å². The molecule has 0 aliphatic rings. The first-order valence-electron chi connectivity index (χ1n) is 6.60. The van der Waals surface area contributed by atoms with Gasteiger partial charge >= 0.3 is 0 Å². The maximum Gasteiger partial charge on any atom is 0.235 e. The van der Waals surface area contributed by atoms with Crippen molar-refractivity contribution in [2.24, 2.45) is 0 Å². The number of benzene rings is 1. The standard InChI is InChI=1S/C15H8Cl2N4S2/c16-9-3-5-11(12(17)8-9)14-18-19-15-21(14)20-13(23-15)6-4-10-2-1-7-22-10/h1-8H/b6-4+. The van der Waals surface area contributed by atoms with E-state index in [2.05, 4.69) is 21.4 Å². The SMILES string of the molecule is Clc1ccc(-c2nnc3sc(/C=C/c4cccs4)nn23)c(Cl)c1. The van der Waals surface area contributed by atoms with Crippen molar-refractivity contribution in [1.82, 2.24) is 19.8 Å². The Hall–Kier alpha value is -1.73. The molecule has 0 fully saturated rings. The number of hydrogen-bond acceptors (Lipinski definition) is 5. The molecule has 0 amide bonds. The minimum Gasteiger partial charge on any atom is -0.182 e. The van der Waals surface area contributed by atoms with E-state index in [1.54, 1.807) is 28.0 Å². The minimum atomic E-state index is 0.524. The Morgan fingerprint density at radius 1 is 1.09 bits per heavy atom. The average molecular weight is 379 g/mol. The molecule has 3 heterocycles. The number of fused-ring (bicyclic) bond motifs is 1. The smallest absolute Gasteiger partial charge is 0.182 e. The molecule has 23 heavy (non-hydrogen) atoms. The van der Waals surface area contributed by atoms with Gasteiger partial charge in [-0.3, -0.25) is 0 Å². The van der Waals surface area contributed by atoms with Gasteiger partial charge < -0.3 is 0 Å². The van der Waals surface area contributed by atoms with Crippen LogP contribution in [0.5, 0.6) is 0 Å². The second-order valence-corrected chi connectivity index (χ2v) is 7.44. The molecule has 4 nitrogen and oxygen atoms in total. The maximum atomic E-state index is 6.25. The number of rotatable bonds is 3. The van der Waals surface area contributed by atoms with Gasteiger partial charge in [0.25, 0.3) is 0 Å². The Morgan fingerprint density at radius 2 is 2.00 bits per heavy atom. The molecular formula is C15H8Cl2N4S2. The van der Waals surface area contributed by atoms with Gasteiger partial charge in [0.2, 0.25) is 4.96 Å². The van der Waals surface area contributed by atoms with Crippen molar-refractivity contribution in [3.05, 3.63) is 55.6 Å². The summed E-state index contributed by atoms with van der Waals surface area (Å²) in [5.41, 5.74) is 0.752. The van der Waals surface area contributed by atoms with Crippen molar-refractivity contribution in [2.45, 2.75) is 0 Å². The molecule has 114 valence electrons. The summed E-state index contributed by atoms with van der Waals surface area (Å²) in [6, 6.07) is 9.35. The van der Waals surface area contributed by atoms with Crippen LogP contribution in [0.2, 0.25) is 10.0 Å². The summed E-state index contributed by atoms with van der Waals surface area (Å²) < 4.78 is 1.70. The Kier molecular flexibility index (Phi) is 3.90. The van der Waals surface area contributed by atoms with Gasteiger partial charge in [0.15, 0.2) is 5.82 Å². The van der Waals surface area contributed by atoms with Crippen LogP contribution in [-0.4, -0.2) is 19.8 Å². The molecule has 8 heteroatoms. The predicted octanol–water partition coefficient (Wildman–Crippen LogP) is 5.39. The van der Waals surface area contributed by atoms with Crippen molar-refractivity contribution in [3.63, 3.8) is 0 Å². The highest BCUT2D eigenvalue weighted by Gasteiger charge is 2.15. The third-order valence-corrected chi connectivity index (χ3v) is 5.36. The predicted molar refractivity (Wildman–Crippen MR) is 97.4 cm³/mol. The molecule has 0 bridgehead atoms. The van der Waals surface area contributed by atoms with Crippen molar-refractivity contribution < 1.29 is 0 Å². The van der Waals surface area contributed by atoms with Crippen LogP contribution in [0, 0.1) is 0 Å². The molecule has 4 aromatic rings. The van der Waals surface area contributed by atoms with E-state index in [-0.39, 0.29) is 0 Å². The third kappa shape index (κ3) is 2.90. The van der Waals surface area contributed by atoms with E-state index in [1.165, 1.54) is 16.2 Å². The van der Waals surface area contributed by atoms with Gasteiger partial charge in [-0.1, -0.05) is 40.6 Å². The average Bonchev–Trinajstić information content (AvgIpc) is 3.22. The second kappa shape index (κ2) is 6.05. The van der Waals surface area contributed by atoms with E-state index in [0.29, 0.717) is 15.9 Å². The third-order valence-electron chi connectivity index (χ3n) is 3.11. The first kappa shape index (κ1) is 14.8. The molecule has 1 aromatic carbocycles. The van der Waals surface area contributed by atoms with Crippen LogP contribution < -0.4 is 0 Å². The summed E-state index contributed by atoms with van der Waals surface area (Å²) >= 11 is 15.3. The zero-order valence-electron chi connectivity index (χ0n) is 11.5. The molecule has 0 saturated heterocycles. The summed E-state index contributed by atoms with van der Waals surface area (Å²) in [5.74, 6) is 0.605. The molecule has 0 spiro atoms. The van der Waals surface area contributed by atoms with Crippen LogP contribution in [0.1, 0.15) is 9.88 Å². The van der Waals surface area contributed by atoms with E-state index in [1.807, 2.05) is 29.7 Å². The maximum absolute atomic E-state index is 6.25. The van der Waals surface area contributed by atoms with E-state index in [0.717, 1.165) is 15.5 Å². The van der Waals surface area contributed by atoms with Gasteiger partial charge in [-0.25, -0.2) is 0 Å².